The van der Waals surface area contributed by atoms with Crippen molar-refractivity contribution in [2.45, 2.75) is 19.3 Å². The largest absolute Gasteiger partial charge is 0.396 e. The quantitative estimate of drug-likeness (QED) is 0.840. The summed E-state index contributed by atoms with van der Waals surface area (Å²) in [6.45, 7) is 1.67. The third-order valence-electron chi connectivity index (χ3n) is 3.22. The first-order chi connectivity index (χ1) is 8.29. The molecule has 1 N–H and O–H groups in total. The van der Waals surface area contributed by atoms with Gasteiger partial charge in [0, 0.05) is 43.9 Å². The van der Waals surface area contributed by atoms with Gasteiger partial charge in [-0.3, -0.25) is 9.78 Å². The molecule has 2 heterocycles. The molecule has 1 unspecified atom stereocenters. The van der Waals surface area contributed by atoms with E-state index in [4.69, 9.17) is 5.11 Å². The highest BCUT2D eigenvalue weighted by atomic mass is 16.3. The third-order valence-corrected chi connectivity index (χ3v) is 3.22. The summed E-state index contributed by atoms with van der Waals surface area (Å²) in [7, 11) is 0. The van der Waals surface area contributed by atoms with Gasteiger partial charge in [0.15, 0.2) is 0 Å². The van der Waals surface area contributed by atoms with Crippen molar-refractivity contribution in [3.63, 3.8) is 0 Å². The van der Waals surface area contributed by atoms with Crippen LogP contribution in [0.4, 0.5) is 0 Å². The van der Waals surface area contributed by atoms with Crippen LogP contribution in [0, 0.1) is 5.92 Å². The van der Waals surface area contributed by atoms with Gasteiger partial charge in [0.1, 0.15) is 0 Å². The summed E-state index contributed by atoms with van der Waals surface area (Å²) in [4.78, 5) is 17.9. The molecule has 1 atom stereocenters. The van der Waals surface area contributed by atoms with Gasteiger partial charge in [-0.1, -0.05) is 6.07 Å². The molecule has 1 aliphatic heterocycles. The molecule has 1 amide bonds. The second-order valence-corrected chi connectivity index (χ2v) is 4.50. The topological polar surface area (TPSA) is 53.4 Å². The summed E-state index contributed by atoms with van der Waals surface area (Å²) in [5, 5.41) is 9.03. The van der Waals surface area contributed by atoms with Crippen LogP contribution in [-0.2, 0) is 11.2 Å². The maximum absolute atomic E-state index is 11.9. The summed E-state index contributed by atoms with van der Waals surface area (Å²) < 4.78 is 0. The first-order valence-electron chi connectivity index (χ1n) is 6.08. The van der Waals surface area contributed by atoms with Gasteiger partial charge in [-0.15, -0.1) is 0 Å². The maximum Gasteiger partial charge on any atom is 0.222 e. The number of carbonyl (C=O) groups is 1. The van der Waals surface area contributed by atoms with Crippen LogP contribution in [0.3, 0.4) is 0 Å². The Bertz CT molecular complexity index is 367. The van der Waals surface area contributed by atoms with Crippen molar-refractivity contribution in [1.82, 2.24) is 9.88 Å². The van der Waals surface area contributed by atoms with E-state index in [1.165, 1.54) is 0 Å². The summed E-state index contributed by atoms with van der Waals surface area (Å²) in [5.74, 6) is 0.445. The lowest BCUT2D eigenvalue weighted by molar-refractivity contribution is -0.130. The van der Waals surface area contributed by atoms with Gasteiger partial charge in [-0.25, -0.2) is 0 Å². The standard InChI is InChI=1S/C13H18N2O2/c16-10-11-6-8-15(9-11)13(17)5-4-12-3-1-2-7-14-12/h1-3,7,11,16H,4-6,8-10H2. The fraction of sp³-hybridized carbons (Fsp3) is 0.538. The van der Waals surface area contributed by atoms with Crippen molar-refractivity contribution in [2.24, 2.45) is 5.92 Å². The normalized spacial score (nSPS) is 19.6. The molecule has 4 heteroatoms. The van der Waals surface area contributed by atoms with E-state index in [2.05, 4.69) is 4.98 Å². The molecule has 92 valence electrons. The lowest BCUT2D eigenvalue weighted by Gasteiger charge is -2.15. The van der Waals surface area contributed by atoms with Gasteiger partial charge in [-0.05, 0) is 25.0 Å². The second kappa shape index (κ2) is 5.77. The predicted molar refractivity (Wildman–Crippen MR) is 64.3 cm³/mol. The van der Waals surface area contributed by atoms with Gasteiger partial charge in [0.05, 0.1) is 0 Å². The zero-order chi connectivity index (χ0) is 12.1. The highest BCUT2D eigenvalue weighted by Gasteiger charge is 2.25. The van der Waals surface area contributed by atoms with E-state index in [1.807, 2.05) is 23.1 Å². The minimum absolute atomic E-state index is 0.173. The lowest BCUT2D eigenvalue weighted by atomic mass is 10.1. The Morgan fingerprint density at radius 3 is 3.06 bits per heavy atom. The van der Waals surface area contributed by atoms with Crippen molar-refractivity contribution >= 4 is 5.91 Å². The lowest BCUT2D eigenvalue weighted by Crippen LogP contribution is -2.29. The molecule has 1 fully saturated rings. The average Bonchev–Trinajstić information content (AvgIpc) is 2.86. The number of carbonyl (C=O) groups excluding carboxylic acids is 1. The molecule has 1 aromatic rings. The van der Waals surface area contributed by atoms with Crippen LogP contribution in [0.25, 0.3) is 0 Å². The molecule has 0 radical (unpaired) electrons. The molecule has 2 rings (SSSR count). The van der Waals surface area contributed by atoms with Crippen LogP contribution in [0.5, 0.6) is 0 Å². The van der Waals surface area contributed by atoms with Crippen molar-refractivity contribution in [1.29, 1.82) is 0 Å². The molecular formula is C13H18N2O2. The van der Waals surface area contributed by atoms with Crippen molar-refractivity contribution in [2.75, 3.05) is 19.7 Å². The van der Waals surface area contributed by atoms with Crippen molar-refractivity contribution < 1.29 is 9.90 Å². The fourth-order valence-corrected chi connectivity index (χ4v) is 2.15. The molecule has 1 aromatic heterocycles. The molecule has 0 aromatic carbocycles. The van der Waals surface area contributed by atoms with E-state index in [-0.39, 0.29) is 18.4 Å². The van der Waals surface area contributed by atoms with Crippen LogP contribution < -0.4 is 0 Å². The third kappa shape index (κ3) is 3.27. The van der Waals surface area contributed by atoms with Crippen LogP contribution in [0.2, 0.25) is 0 Å². The molecule has 0 aliphatic carbocycles. The summed E-state index contributed by atoms with van der Waals surface area (Å²) in [5.41, 5.74) is 0.957. The minimum atomic E-state index is 0.173. The molecule has 1 aliphatic rings. The van der Waals surface area contributed by atoms with E-state index in [1.54, 1.807) is 6.20 Å². The van der Waals surface area contributed by atoms with Crippen LogP contribution >= 0.6 is 0 Å². The highest BCUT2D eigenvalue weighted by molar-refractivity contribution is 5.76. The predicted octanol–water partition coefficient (Wildman–Crippen LogP) is 0.855. The zero-order valence-corrected chi connectivity index (χ0v) is 9.88. The van der Waals surface area contributed by atoms with Crippen molar-refractivity contribution in [3.05, 3.63) is 30.1 Å². The molecular weight excluding hydrogens is 216 g/mol. The number of aromatic nitrogens is 1. The van der Waals surface area contributed by atoms with Crippen LogP contribution in [0.15, 0.2) is 24.4 Å². The second-order valence-electron chi connectivity index (χ2n) is 4.50. The van der Waals surface area contributed by atoms with E-state index in [9.17, 15) is 4.79 Å². The number of rotatable bonds is 4. The van der Waals surface area contributed by atoms with E-state index < -0.39 is 0 Å². The van der Waals surface area contributed by atoms with Crippen LogP contribution in [-0.4, -0.2) is 40.6 Å². The number of likely N-dealkylation sites (tertiary alicyclic amines) is 1. The number of nitrogens with zero attached hydrogens (tertiary/aromatic N) is 2. The highest BCUT2D eigenvalue weighted by Crippen LogP contribution is 2.16. The Kier molecular flexibility index (Phi) is 4.09. The summed E-state index contributed by atoms with van der Waals surface area (Å²) in [6, 6.07) is 5.75. The van der Waals surface area contributed by atoms with Gasteiger partial charge in [-0.2, -0.15) is 0 Å². The zero-order valence-electron chi connectivity index (χ0n) is 9.88. The van der Waals surface area contributed by atoms with Gasteiger partial charge in [0.2, 0.25) is 5.91 Å². The molecule has 0 bridgehead atoms. The van der Waals surface area contributed by atoms with Crippen LogP contribution in [0.1, 0.15) is 18.5 Å². The molecule has 1 saturated heterocycles. The summed E-state index contributed by atoms with van der Waals surface area (Å²) >= 11 is 0. The Labute approximate surface area is 101 Å². The number of hydrogen-bond donors (Lipinski definition) is 1. The minimum Gasteiger partial charge on any atom is -0.396 e. The smallest absolute Gasteiger partial charge is 0.222 e. The molecule has 0 saturated carbocycles. The maximum atomic E-state index is 11.9. The number of aliphatic hydroxyl groups excluding tert-OH is 1. The average molecular weight is 234 g/mol. The van der Waals surface area contributed by atoms with Gasteiger partial charge in [0.25, 0.3) is 0 Å². The monoisotopic (exact) mass is 234 g/mol. The van der Waals surface area contributed by atoms with Crippen molar-refractivity contribution in [3.8, 4) is 0 Å². The fourth-order valence-electron chi connectivity index (χ4n) is 2.15. The molecule has 4 nitrogen and oxygen atoms in total. The number of hydrogen-bond acceptors (Lipinski definition) is 3. The number of amides is 1. The SMILES string of the molecule is O=C(CCc1ccccn1)N1CCC(CO)C1. The Morgan fingerprint density at radius 1 is 1.53 bits per heavy atom. The van der Waals surface area contributed by atoms with E-state index in [0.29, 0.717) is 19.4 Å². The van der Waals surface area contributed by atoms with Gasteiger partial charge >= 0.3 is 0 Å². The molecule has 0 spiro atoms. The Morgan fingerprint density at radius 2 is 2.41 bits per heavy atom. The van der Waals surface area contributed by atoms with Gasteiger partial charge < -0.3 is 10.0 Å². The summed E-state index contributed by atoms with van der Waals surface area (Å²) in [6.07, 6.45) is 3.87. The molecule has 17 heavy (non-hydrogen) atoms. The van der Waals surface area contributed by atoms with E-state index in [0.717, 1.165) is 18.7 Å². The first-order valence-corrected chi connectivity index (χ1v) is 6.08. The number of aryl methyl sites for hydroxylation is 1. The number of aliphatic hydroxyl groups is 1. The Balaban J connectivity index is 1.78. The first kappa shape index (κ1) is 12.0. The number of pyridine rings is 1. The van der Waals surface area contributed by atoms with E-state index >= 15 is 0 Å². The Hall–Kier alpha value is -1.42.